The third-order valence-corrected chi connectivity index (χ3v) is 8.39. The Morgan fingerprint density at radius 1 is 0.674 bits per heavy atom. The van der Waals surface area contributed by atoms with E-state index < -0.39 is 0 Å². The zero-order valence-electron chi connectivity index (χ0n) is 23.1. The van der Waals surface area contributed by atoms with Gasteiger partial charge in [0.15, 0.2) is 11.3 Å². The summed E-state index contributed by atoms with van der Waals surface area (Å²) in [4.78, 5) is 6.84. The van der Waals surface area contributed by atoms with E-state index in [2.05, 4.69) is 124 Å². The highest BCUT2D eigenvalue weighted by Crippen LogP contribution is 2.48. The number of hydrogen-bond donors (Lipinski definition) is 1. The molecule has 2 aromatic heterocycles. The molecule has 1 unspecified atom stereocenters. The van der Waals surface area contributed by atoms with Crippen molar-refractivity contribution in [3.05, 3.63) is 157 Å². The molecule has 7 aromatic rings. The summed E-state index contributed by atoms with van der Waals surface area (Å²) in [5.41, 5.74) is 7.69. The van der Waals surface area contributed by atoms with E-state index in [1.165, 1.54) is 0 Å². The summed E-state index contributed by atoms with van der Waals surface area (Å²) < 4.78 is 13.1. The van der Waals surface area contributed by atoms with Gasteiger partial charge in [-0.25, -0.2) is 4.98 Å². The summed E-state index contributed by atoms with van der Waals surface area (Å²) in [5.74, 6) is 1.72. The Bertz CT molecular complexity index is 2260. The second-order valence-corrected chi connectivity index (χ2v) is 10.9. The van der Waals surface area contributed by atoms with E-state index in [9.17, 15) is 0 Å². The van der Waals surface area contributed by atoms with Crippen molar-refractivity contribution in [2.24, 2.45) is 0 Å². The quantitative estimate of drug-likeness (QED) is 0.234. The minimum absolute atomic E-state index is 0.0983. The van der Waals surface area contributed by atoms with Crippen LogP contribution in [0.4, 0.5) is 11.4 Å². The van der Waals surface area contributed by atoms with Crippen LogP contribution in [0.3, 0.4) is 0 Å². The highest BCUT2D eigenvalue weighted by atomic mass is 16.5. The molecule has 1 atom stereocenters. The number of allylic oxidation sites excluding steroid dienone is 1. The van der Waals surface area contributed by atoms with Crippen LogP contribution in [0.5, 0.6) is 5.75 Å². The standard InChI is InChI=1S/C38H25N3O2/c1-2-10-24(11-3-1)26-22-25-12-4-5-13-27(25)33(23-26)41(31-17-8-15-28-29-16-9-20-40-38(29)43-36(28)31)32-19-21-39-35-30-14-6-7-18-34(30)42-37(32)35/h1-23,35,39H. The Balaban J connectivity index is 1.38. The summed E-state index contributed by atoms with van der Waals surface area (Å²) in [6.07, 6.45) is 5.89. The number of benzene rings is 5. The number of dihydropyridines is 1. The van der Waals surface area contributed by atoms with Crippen LogP contribution < -0.4 is 15.0 Å². The van der Waals surface area contributed by atoms with E-state index in [-0.39, 0.29) is 6.04 Å². The molecular weight excluding hydrogens is 530 g/mol. The maximum Gasteiger partial charge on any atom is 0.227 e. The monoisotopic (exact) mass is 555 g/mol. The van der Waals surface area contributed by atoms with E-state index in [0.29, 0.717) is 5.71 Å². The van der Waals surface area contributed by atoms with Gasteiger partial charge in [0.1, 0.15) is 11.8 Å². The molecule has 0 saturated carbocycles. The topological polar surface area (TPSA) is 50.5 Å². The summed E-state index contributed by atoms with van der Waals surface area (Å²) in [6, 6.07) is 42.1. The van der Waals surface area contributed by atoms with E-state index in [0.717, 1.165) is 72.4 Å². The third-order valence-electron chi connectivity index (χ3n) is 8.39. The molecule has 5 aromatic carbocycles. The number of fused-ring (bicyclic) bond motifs is 7. The third kappa shape index (κ3) is 3.68. The molecule has 0 spiro atoms. The Morgan fingerprint density at radius 2 is 1.49 bits per heavy atom. The molecule has 0 bridgehead atoms. The van der Waals surface area contributed by atoms with Gasteiger partial charge in [0.05, 0.1) is 17.1 Å². The first kappa shape index (κ1) is 23.9. The Kier molecular flexibility index (Phi) is 5.19. The second kappa shape index (κ2) is 9.36. The maximum atomic E-state index is 6.63. The molecule has 204 valence electrons. The number of para-hydroxylation sites is 2. The molecule has 0 radical (unpaired) electrons. The van der Waals surface area contributed by atoms with Crippen molar-refractivity contribution in [1.29, 1.82) is 0 Å². The Morgan fingerprint density at radius 3 is 2.44 bits per heavy atom. The summed E-state index contributed by atoms with van der Waals surface area (Å²) in [7, 11) is 0. The Labute approximate surface area is 248 Å². The molecule has 2 aliphatic rings. The van der Waals surface area contributed by atoms with Gasteiger partial charge >= 0.3 is 0 Å². The van der Waals surface area contributed by atoms with Crippen molar-refractivity contribution in [3.8, 4) is 16.9 Å². The van der Waals surface area contributed by atoms with Crippen LogP contribution in [0, 0.1) is 0 Å². The first-order valence-corrected chi connectivity index (χ1v) is 14.4. The van der Waals surface area contributed by atoms with Crippen LogP contribution in [0.2, 0.25) is 0 Å². The van der Waals surface area contributed by atoms with Crippen LogP contribution in [-0.2, 0) is 0 Å². The van der Waals surface area contributed by atoms with Crippen LogP contribution >= 0.6 is 0 Å². The van der Waals surface area contributed by atoms with Gasteiger partial charge in [-0.3, -0.25) is 0 Å². The van der Waals surface area contributed by atoms with Gasteiger partial charge in [-0.2, -0.15) is 0 Å². The van der Waals surface area contributed by atoms with E-state index >= 15 is 0 Å². The molecule has 0 saturated heterocycles. The van der Waals surface area contributed by atoms with Crippen molar-refractivity contribution < 1.29 is 9.15 Å². The molecule has 4 heterocycles. The lowest BCUT2D eigenvalue weighted by molar-refractivity contribution is 0.408. The molecule has 5 heteroatoms. The van der Waals surface area contributed by atoms with Gasteiger partial charge in [-0.05, 0) is 65.2 Å². The van der Waals surface area contributed by atoms with Crippen LogP contribution in [0.15, 0.2) is 156 Å². The molecule has 2 aliphatic heterocycles. The summed E-state index contributed by atoms with van der Waals surface area (Å²) >= 11 is 0. The van der Waals surface area contributed by atoms with Gasteiger partial charge in [0.25, 0.3) is 0 Å². The number of rotatable bonds is 4. The number of ether oxygens (including phenoxy) is 1. The molecule has 0 amide bonds. The Hall–Kier alpha value is -5.81. The van der Waals surface area contributed by atoms with Gasteiger partial charge in [-0.1, -0.05) is 84.9 Å². The SMILES string of the molecule is C1=CC(N(c2cc(-c3ccccc3)cc3ccccc23)c2cccc3c2oc2ncccc23)=C2Oc3ccccc3C2N1. The lowest BCUT2D eigenvalue weighted by atomic mass is 9.97. The molecule has 9 rings (SSSR count). The largest absolute Gasteiger partial charge is 0.457 e. The second-order valence-electron chi connectivity index (χ2n) is 10.9. The molecule has 43 heavy (non-hydrogen) atoms. The summed E-state index contributed by atoms with van der Waals surface area (Å²) in [6.45, 7) is 0. The number of aromatic nitrogens is 1. The molecule has 0 aliphatic carbocycles. The average molecular weight is 556 g/mol. The zero-order valence-corrected chi connectivity index (χ0v) is 23.1. The summed E-state index contributed by atoms with van der Waals surface area (Å²) in [5, 5.41) is 7.82. The number of nitrogens with zero attached hydrogens (tertiary/aromatic N) is 2. The molecule has 0 fully saturated rings. The fourth-order valence-electron chi connectivity index (χ4n) is 6.44. The van der Waals surface area contributed by atoms with Crippen molar-refractivity contribution in [2.75, 3.05) is 4.90 Å². The van der Waals surface area contributed by atoms with Crippen LogP contribution in [0.1, 0.15) is 11.6 Å². The predicted octanol–water partition coefficient (Wildman–Crippen LogP) is 9.40. The molecular formula is C38H25N3O2. The van der Waals surface area contributed by atoms with E-state index in [4.69, 9.17) is 9.15 Å². The fourth-order valence-corrected chi connectivity index (χ4v) is 6.44. The average Bonchev–Trinajstić information content (AvgIpc) is 3.65. The van der Waals surface area contributed by atoms with Crippen LogP contribution in [-0.4, -0.2) is 4.98 Å². The number of pyridine rings is 1. The van der Waals surface area contributed by atoms with Crippen molar-refractivity contribution in [2.45, 2.75) is 6.04 Å². The van der Waals surface area contributed by atoms with Gasteiger partial charge in [-0.15, -0.1) is 0 Å². The normalized spacial score (nSPS) is 15.4. The number of hydrogen-bond acceptors (Lipinski definition) is 5. The lowest BCUT2D eigenvalue weighted by Gasteiger charge is -2.31. The fraction of sp³-hybridized carbons (Fsp3) is 0.0263. The van der Waals surface area contributed by atoms with Crippen molar-refractivity contribution in [3.63, 3.8) is 0 Å². The molecule has 5 nitrogen and oxygen atoms in total. The maximum absolute atomic E-state index is 6.63. The minimum atomic E-state index is -0.0983. The zero-order chi connectivity index (χ0) is 28.3. The van der Waals surface area contributed by atoms with E-state index in [1.54, 1.807) is 6.20 Å². The number of anilines is 2. The number of furan rings is 1. The lowest BCUT2D eigenvalue weighted by Crippen LogP contribution is -2.27. The van der Waals surface area contributed by atoms with Crippen LogP contribution in [0.25, 0.3) is 44.0 Å². The predicted molar refractivity (Wildman–Crippen MR) is 172 cm³/mol. The van der Waals surface area contributed by atoms with E-state index in [1.807, 2.05) is 24.4 Å². The van der Waals surface area contributed by atoms with Gasteiger partial charge in [0.2, 0.25) is 5.71 Å². The smallest absolute Gasteiger partial charge is 0.227 e. The van der Waals surface area contributed by atoms with Crippen molar-refractivity contribution >= 4 is 44.2 Å². The first-order valence-electron chi connectivity index (χ1n) is 14.4. The van der Waals surface area contributed by atoms with Crippen molar-refractivity contribution in [1.82, 2.24) is 10.3 Å². The highest BCUT2D eigenvalue weighted by Gasteiger charge is 2.36. The van der Waals surface area contributed by atoms with Gasteiger partial charge < -0.3 is 19.4 Å². The highest BCUT2D eigenvalue weighted by molar-refractivity contribution is 6.10. The first-order chi connectivity index (χ1) is 21.3. The minimum Gasteiger partial charge on any atom is -0.457 e. The molecule has 1 N–H and O–H groups in total. The number of nitrogens with one attached hydrogen (secondary N) is 1. The van der Waals surface area contributed by atoms with Gasteiger partial charge in [0, 0.05) is 27.9 Å².